The molecule has 1 saturated carbocycles. The lowest BCUT2D eigenvalue weighted by atomic mass is 9.92. The third-order valence-electron chi connectivity index (χ3n) is 5.16. The van der Waals surface area contributed by atoms with Crippen molar-refractivity contribution in [2.75, 3.05) is 0 Å². The van der Waals surface area contributed by atoms with Gasteiger partial charge in [0.05, 0.1) is 11.8 Å². The molecule has 0 unspecified atom stereocenters. The number of hydrogen-bond acceptors (Lipinski definition) is 4. The molecule has 6 heteroatoms. The summed E-state index contributed by atoms with van der Waals surface area (Å²) in [4.78, 5) is 16.7. The average Bonchev–Trinajstić information content (AvgIpc) is 3.20. The molecule has 0 radical (unpaired) electrons. The Morgan fingerprint density at radius 2 is 2.16 bits per heavy atom. The van der Waals surface area contributed by atoms with Crippen LogP contribution in [0.4, 0.5) is 0 Å². The lowest BCUT2D eigenvalue weighted by Crippen LogP contribution is -2.40. The molecular formula is C19H24N4O2. The number of aromatic nitrogens is 3. The second-order valence-corrected chi connectivity index (χ2v) is 7.00. The van der Waals surface area contributed by atoms with E-state index in [2.05, 4.69) is 15.4 Å². The zero-order valence-electron chi connectivity index (χ0n) is 14.6. The van der Waals surface area contributed by atoms with E-state index in [4.69, 9.17) is 4.74 Å². The summed E-state index contributed by atoms with van der Waals surface area (Å²) in [5.41, 5.74) is 2.65. The highest BCUT2D eigenvalue weighted by molar-refractivity contribution is 5.92. The number of fused-ring (bicyclic) bond motifs is 1. The van der Waals surface area contributed by atoms with Gasteiger partial charge < -0.3 is 10.1 Å². The van der Waals surface area contributed by atoms with Crippen LogP contribution in [-0.4, -0.2) is 32.8 Å². The molecule has 0 bridgehead atoms. The molecule has 4 rings (SSSR count). The number of nitrogens with one attached hydrogen (secondary N) is 1. The molecule has 1 aliphatic carbocycles. The van der Waals surface area contributed by atoms with E-state index < -0.39 is 0 Å². The maximum Gasteiger partial charge on any atom is 0.272 e. The van der Waals surface area contributed by atoms with Crippen molar-refractivity contribution in [3.05, 3.63) is 41.5 Å². The maximum absolute atomic E-state index is 12.4. The van der Waals surface area contributed by atoms with Crippen LogP contribution in [0.15, 0.2) is 24.4 Å². The van der Waals surface area contributed by atoms with Crippen LogP contribution in [0.2, 0.25) is 0 Å². The van der Waals surface area contributed by atoms with Crippen LogP contribution in [0, 0.1) is 6.92 Å². The Balaban J connectivity index is 1.28. The highest BCUT2D eigenvalue weighted by Gasteiger charge is 2.26. The van der Waals surface area contributed by atoms with Gasteiger partial charge in [-0.1, -0.05) is 0 Å². The van der Waals surface area contributed by atoms with Crippen molar-refractivity contribution in [1.29, 1.82) is 0 Å². The van der Waals surface area contributed by atoms with Crippen LogP contribution < -0.4 is 10.1 Å². The first-order valence-electron chi connectivity index (χ1n) is 9.15. The molecule has 2 aromatic heterocycles. The molecule has 132 valence electrons. The highest BCUT2D eigenvalue weighted by atomic mass is 16.5. The fourth-order valence-corrected chi connectivity index (χ4v) is 3.73. The van der Waals surface area contributed by atoms with E-state index in [-0.39, 0.29) is 18.1 Å². The van der Waals surface area contributed by atoms with Gasteiger partial charge in [-0.2, -0.15) is 5.10 Å². The minimum atomic E-state index is -0.0469. The van der Waals surface area contributed by atoms with Gasteiger partial charge in [0.25, 0.3) is 5.91 Å². The summed E-state index contributed by atoms with van der Waals surface area (Å²) in [5, 5.41) is 7.55. The fourth-order valence-electron chi connectivity index (χ4n) is 3.73. The Bertz CT molecular complexity index is 741. The number of ether oxygens (including phenoxy) is 1. The molecule has 0 spiro atoms. The van der Waals surface area contributed by atoms with E-state index >= 15 is 0 Å². The van der Waals surface area contributed by atoms with Crippen LogP contribution in [-0.2, 0) is 13.0 Å². The zero-order valence-corrected chi connectivity index (χ0v) is 14.6. The van der Waals surface area contributed by atoms with Crippen molar-refractivity contribution in [2.24, 2.45) is 0 Å². The first-order chi connectivity index (χ1) is 12.2. The van der Waals surface area contributed by atoms with Gasteiger partial charge in [-0.15, -0.1) is 0 Å². The standard InChI is InChI=1S/C19H24N4O2/c1-13-18(5-2-10-20-13)25-16-8-6-14(7-9-16)21-19(24)17-12-15-4-3-11-23(15)22-17/h2,5,10,12,14,16H,3-4,6-9,11H2,1H3,(H,21,24). The van der Waals surface area contributed by atoms with Gasteiger partial charge in [-0.25, -0.2) is 0 Å². The summed E-state index contributed by atoms with van der Waals surface area (Å²) in [6, 6.07) is 6.01. The van der Waals surface area contributed by atoms with Gasteiger partial charge in [0.1, 0.15) is 11.4 Å². The second-order valence-electron chi connectivity index (χ2n) is 7.00. The Kier molecular flexibility index (Phi) is 4.42. The van der Waals surface area contributed by atoms with E-state index in [0.717, 1.165) is 56.5 Å². The van der Waals surface area contributed by atoms with E-state index in [9.17, 15) is 4.79 Å². The molecule has 25 heavy (non-hydrogen) atoms. The number of rotatable bonds is 4. The number of nitrogens with zero attached hydrogens (tertiary/aromatic N) is 3. The van der Waals surface area contributed by atoms with Gasteiger partial charge in [0.2, 0.25) is 0 Å². The number of aryl methyl sites for hydroxylation is 3. The molecule has 1 fully saturated rings. The molecule has 3 heterocycles. The van der Waals surface area contributed by atoms with Gasteiger partial charge in [0.15, 0.2) is 0 Å². The fraction of sp³-hybridized carbons (Fsp3) is 0.526. The zero-order chi connectivity index (χ0) is 17.2. The van der Waals surface area contributed by atoms with Crippen molar-refractivity contribution >= 4 is 5.91 Å². The second kappa shape index (κ2) is 6.86. The third kappa shape index (κ3) is 3.52. The smallest absolute Gasteiger partial charge is 0.272 e. The van der Waals surface area contributed by atoms with Gasteiger partial charge >= 0.3 is 0 Å². The van der Waals surface area contributed by atoms with E-state index in [1.165, 1.54) is 5.69 Å². The van der Waals surface area contributed by atoms with Crippen molar-refractivity contribution in [2.45, 2.75) is 64.1 Å². The van der Waals surface area contributed by atoms with Gasteiger partial charge in [0, 0.05) is 24.5 Å². The minimum Gasteiger partial charge on any atom is -0.489 e. The number of pyridine rings is 1. The van der Waals surface area contributed by atoms with E-state index in [1.54, 1.807) is 6.20 Å². The summed E-state index contributed by atoms with van der Waals surface area (Å²) in [6.07, 6.45) is 7.89. The Morgan fingerprint density at radius 3 is 2.92 bits per heavy atom. The maximum atomic E-state index is 12.4. The molecule has 2 aromatic rings. The van der Waals surface area contributed by atoms with Crippen molar-refractivity contribution in [1.82, 2.24) is 20.1 Å². The lowest BCUT2D eigenvalue weighted by molar-refractivity contribution is 0.0887. The first-order valence-corrected chi connectivity index (χ1v) is 9.15. The van der Waals surface area contributed by atoms with Crippen LogP contribution >= 0.6 is 0 Å². The van der Waals surface area contributed by atoms with Gasteiger partial charge in [-0.05, 0) is 63.6 Å². The topological polar surface area (TPSA) is 69.0 Å². The largest absolute Gasteiger partial charge is 0.489 e. The van der Waals surface area contributed by atoms with E-state index in [0.29, 0.717) is 5.69 Å². The molecule has 2 aliphatic rings. The summed E-state index contributed by atoms with van der Waals surface area (Å²) in [5.74, 6) is 0.817. The summed E-state index contributed by atoms with van der Waals surface area (Å²) < 4.78 is 8.03. The molecule has 0 saturated heterocycles. The van der Waals surface area contributed by atoms with Crippen LogP contribution in [0.3, 0.4) is 0 Å². The Labute approximate surface area is 147 Å². The molecule has 1 amide bonds. The molecular weight excluding hydrogens is 316 g/mol. The highest BCUT2D eigenvalue weighted by Crippen LogP contribution is 2.25. The normalized spacial score (nSPS) is 22.4. The summed E-state index contributed by atoms with van der Waals surface area (Å²) in [6.45, 7) is 2.89. The molecule has 1 aliphatic heterocycles. The summed E-state index contributed by atoms with van der Waals surface area (Å²) in [7, 11) is 0. The molecule has 1 N–H and O–H groups in total. The predicted octanol–water partition coefficient (Wildman–Crippen LogP) is 2.65. The van der Waals surface area contributed by atoms with Crippen molar-refractivity contribution in [3.63, 3.8) is 0 Å². The minimum absolute atomic E-state index is 0.0469. The van der Waals surface area contributed by atoms with Crippen LogP contribution in [0.1, 0.15) is 54.0 Å². The molecule has 0 aromatic carbocycles. The average molecular weight is 340 g/mol. The number of carbonyl (C=O) groups excluding carboxylic acids is 1. The molecule has 0 atom stereocenters. The Morgan fingerprint density at radius 1 is 1.32 bits per heavy atom. The van der Waals surface area contributed by atoms with Crippen LogP contribution in [0.5, 0.6) is 5.75 Å². The quantitative estimate of drug-likeness (QED) is 0.929. The van der Waals surface area contributed by atoms with Gasteiger partial charge in [-0.3, -0.25) is 14.5 Å². The summed E-state index contributed by atoms with van der Waals surface area (Å²) >= 11 is 0. The van der Waals surface area contributed by atoms with Crippen LogP contribution in [0.25, 0.3) is 0 Å². The van der Waals surface area contributed by atoms with E-state index in [1.807, 2.05) is 29.8 Å². The number of amides is 1. The predicted molar refractivity (Wildman–Crippen MR) is 93.7 cm³/mol. The monoisotopic (exact) mass is 340 g/mol. The van der Waals surface area contributed by atoms with Crippen molar-refractivity contribution in [3.8, 4) is 5.75 Å². The van der Waals surface area contributed by atoms with Crippen molar-refractivity contribution < 1.29 is 9.53 Å². The molecule has 6 nitrogen and oxygen atoms in total. The number of hydrogen-bond donors (Lipinski definition) is 1. The number of carbonyl (C=O) groups is 1. The lowest BCUT2D eigenvalue weighted by Gasteiger charge is -2.29. The first kappa shape index (κ1) is 16.1. The third-order valence-corrected chi connectivity index (χ3v) is 5.16. The SMILES string of the molecule is Cc1ncccc1OC1CCC(NC(=O)c2cc3n(n2)CCC3)CC1. The Hall–Kier alpha value is -2.37.